The fraction of sp³-hybridized carbons (Fsp3) is 0.176. The maximum atomic E-state index is 12.7. The van der Waals surface area contributed by atoms with Crippen molar-refractivity contribution in [3.63, 3.8) is 0 Å². The van der Waals surface area contributed by atoms with Crippen molar-refractivity contribution in [3.05, 3.63) is 64.0 Å². The summed E-state index contributed by atoms with van der Waals surface area (Å²) in [6.07, 6.45) is -3.10. The van der Waals surface area contributed by atoms with Gasteiger partial charge in [-0.1, -0.05) is 0 Å². The number of non-ortho nitro benzene ring substituents is 1. The van der Waals surface area contributed by atoms with E-state index in [-0.39, 0.29) is 17.8 Å². The molecule has 1 heterocycles. The number of nitrogens with zero attached hydrogens (tertiary/aromatic N) is 3. The molecule has 140 valence electrons. The lowest BCUT2D eigenvalue weighted by atomic mass is 10.1. The zero-order chi connectivity index (χ0) is 19.9. The van der Waals surface area contributed by atoms with Gasteiger partial charge in [-0.25, -0.2) is 9.13 Å². The number of carbonyl (C=O) groups is 1. The van der Waals surface area contributed by atoms with Gasteiger partial charge in [0.2, 0.25) is 12.1 Å². The van der Waals surface area contributed by atoms with E-state index < -0.39 is 28.2 Å². The van der Waals surface area contributed by atoms with Gasteiger partial charge in [-0.3, -0.25) is 14.9 Å². The number of hydrogen-bond acceptors (Lipinski definition) is 4. The van der Waals surface area contributed by atoms with Gasteiger partial charge in [0.15, 0.2) is 17.6 Å². The van der Waals surface area contributed by atoms with Crippen molar-refractivity contribution in [2.24, 2.45) is 7.05 Å². The number of ketones is 1. The fourth-order valence-corrected chi connectivity index (χ4v) is 2.80. The normalized spacial score (nSPS) is 11.7. The highest BCUT2D eigenvalue weighted by atomic mass is 19.4. The number of carbonyl (C=O) groups excluding carboxylic acids is 1. The van der Waals surface area contributed by atoms with E-state index in [1.165, 1.54) is 29.1 Å². The van der Waals surface area contributed by atoms with Gasteiger partial charge in [-0.2, -0.15) is 13.2 Å². The Labute approximate surface area is 150 Å². The minimum absolute atomic E-state index is 0.160. The van der Waals surface area contributed by atoms with Crippen molar-refractivity contribution in [2.75, 3.05) is 0 Å². The minimum atomic E-state index is -4.64. The molecule has 0 fully saturated rings. The Morgan fingerprint density at radius 3 is 2.56 bits per heavy atom. The van der Waals surface area contributed by atoms with E-state index in [0.717, 1.165) is 6.07 Å². The van der Waals surface area contributed by atoms with Crippen LogP contribution in [-0.4, -0.2) is 20.4 Å². The first-order chi connectivity index (χ1) is 12.6. The third-order valence-corrected chi connectivity index (χ3v) is 4.11. The molecule has 0 unspecified atom stereocenters. The van der Waals surface area contributed by atoms with Crippen molar-refractivity contribution in [2.45, 2.75) is 12.7 Å². The van der Waals surface area contributed by atoms with Gasteiger partial charge >= 0.3 is 6.18 Å². The molecule has 0 saturated carbocycles. The second kappa shape index (κ2) is 6.38. The number of aromatic nitrogens is 2. The predicted octanol–water partition coefficient (Wildman–Crippen LogP) is 2.98. The molecule has 10 heteroatoms. The molecule has 0 saturated heterocycles. The van der Waals surface area contributed by atoms with Crippen LogP contribution in [0.25, 0.3) is 11.0 Å². The van der Waals surface area contributed by atoms with Gasteiger partial charge in [-0.05, 0) is 24.3 Å². The lowest BCUT2D eigenvalue weighted by Gasteiger charge is -2.09. The third kappa shape index (κ3) is 3.46. The molecule has 0 aliphatic rings. The molecule has 3 aromatic rings. The van der Waals surface area contributed by atoms with Crippen molar-refractivity contribution < 1.29 is 32.6 Å². The van der Waals surface area contributed by atoms with Crippen molar-refractivity contribution in [1.29, 1.82) is 0 Å². The number of phenolic OH excluding ortho intramolecular Hbond substituents is 1. The molecule has 0 atom stereocenters. The van der Waals surface area contributed by atoms with E-state index in [2.05, 4.69) is 0 Å². The van der Waals surface area contributed by atoms with E-state index in [4.69, 9.17) is 0 Å². The molecule has 0 aliphatic carbocycles. The second-order valence-electron chi connectivity index (χ2n) is 5.94. The minimum Gasteiger partial charge on any atom is -0.507 e. The van der Waals surface area contributed by atoms with E-state index >= 15 is 0 Å². The molecular weight excluding hydrogens is 367 g/mol. The number of phenols is 1. The van der Waals surface area contributed by atoms with Gasteiger partial charge in [0.1, 0.15) is 5.75 Å². The quantitative estimate of drug-likeness (QED) is 0.326. The summed E-state index contributed by atoms with van der Waals surface area (Å²) in [5.74, 6) is -1.41. The van der Waals surface area contributed by atoms with E-state index in [1.807, 2.05) is 0 Å². The summed E-state index contributed by atoms with van der Waals surface area (Å²) in [5, 5.41) is 20.8. The topological polar surface area (TPSA) is 89.2 Å². The molecule has 0 amide bonds. The van der Waals surface area contributed by atoms with Crippen molar-refractivity contribution >= 4 is 22.5 Å². The summed E-state index contributed by atoms with van der Waals surface area (Å²) in [5.41, 5.74) is -0.452. The van der Waals surface area contributed by atoms with Gasteiger partial charge in [-0.15, -0.1) is 0 Å². The van der Waals surface area contributed by atoms with Gasteiger partial charge in [0.05, 0.1) is 29.2 Å². The molecule has 0 bridgehead atoms. The summed E-state index contributed by atoms with van der Waals surface area (Å²) in [4.78, 5) is 22.9. The average molecular weight is 380 g/mol. The number of benzene rings is 2. The molecule has 1 aromatic heterocycles. The Balaban J connectivity index is 1.97. The van der Waals surface area contributed by atoms with Crippen LogP contribution in [0.1, 0.15) is 15.9 Å². The van der Waals surface area contributed by atoms with Gasteiger partial charge in [0.25, 0.3) is 5.69 Å². The maximum Gasteiger partial charge on any atom is 0.416 e. The molecular formula is C17H13F3N3O4+. The van der Waals surface area contributed by atoms with Crippen LogP contribution in [0.4, 0.5) is 18.9 Å². The lowest BCUT2D eigenvalue weighted by molar-refractivity contribution is -0.645. The molecule has 0 spiro atoms. The van der Waals surface area contributed by atoms with Crippen LogP contribution in [0.5, 0.6) is 5.75 Å². The number of imidazole rings is 1. The first-order valence-corrected chi connectivity index (χ1v) is 7.64. The number of halogens is 3. The summed E-state index contributed by atoms with van der Waals surface area (Å²) < 4.78 is 41.1. The van der Waals surface area contributed by atoms with Crippen LogP contribution < -0.4 is 4.57 Å². The summed E-state index contributed by atoms with van der Waals surface area (Å²) in [7, 11) is 1.69. The predicted molar refractivity (Wildman–Crippen MR) is 87.2 cm³/mol. The largest absolute Gasteiger partial charge is 0.507 e. The summed E-state index contributed by atoms with van der Waals surface area (Å²) in [6.45, 7) is -0.308. The van der Waals surface area contributed by atoms with Crippen LogP contribution in [0.3, 0.4) is 0 Å². The molecule has 2 aromatic carbocycles. The standard InChI is InChI=1S/C17H12F3N3O4/c1-21-9-22(14-7-11(23(26)27)3-5-13(14)21)8-16(25)12-4-2-10(6-15(12)24)17(18,19)20/h2-7,9H,8H2,1H3/p+1. The number of nitro benzene ring substituents is 1. The molecule has 0 radical (unpaired) electrons. The SMILES string of the molecule is C[n+]1cn(CC(=O)c2ccc(C(F)(F)F)cc2O)c2cc([N+](=O)[O-])ccc21. The highest BCUT2D eigenvalue weighted by molar-refractivity contribution is 5.99. The lowest BCUT2D eigenvalue weighted by Crippen LogP contribution is -2.25. The number of fused-ring (bicyclic) bond motifs is 1. The number of alkyl halides is 3. The third-order valence-electron chi connectivity index (χ3n) is 4.11. The highest BCUT2D eigenvalue weighted by Crippen LogP contribution is 2.33. The maximum absolute atomic E-state index is 12.7. The number of hydrogen-bond donors (Lipinski definition) is 1. The zero-order valence-electron chi connectivity index (χ0n) is 13.9. The fourth-order valence-electron chi connectivity index (χ4n) is 2.80. The van der Waals surface area contributed by atoms with Crippen LogP contribution in [-0.2, 0) is 19.8 Å². The Kier molecular flexibility index (Phi) is 4.34. The van der Waals surface area contributed by atoms with Crippen LogP contribution in [0, 0.1) is 10.1 Å². The zero-order valence-corrected chi connectivity index (χ0v) is 13.9. The number of rotatable bonds is 4. The molecule has 0 aliphatic heterocycles. The summed E-state index contributed by atoms with van der Waals surface area (Å²) >= 11 is 0. The Morgan fingerprint density at radius 2 is 1.96 bits per heavy atom. The Morgan fingerprint density at radius 1 is 1.26 bits per heavy atom. The molecule has 7 nitrogen and oxygen atoms in total. The monoisotopic (exact) mass is 380 g/mol. The smallest absolute Gasteiger partial charge is 0.416 e. The van der Waals surface area contributed by atoms with Gasteiger partial charge in [0, 0.05) is 6.07 Å². The first kappa shape index (κ1) is 18.4. The molecule has 27 heavy (non-hydrogen) atoms. The van der Waals surface area contributed by atoms with Crippen molar-refractivity contribution in [1.82, 2.24) is 4.57 Å². The Hall–Kier alpha value is -3.43. The average Bonchev–Trinajstić information content (AvgIpc) is 2.89. The Bertz CT molecular complexity index is 1070. The van der Waals surface area contributed by atoms with Crippen LogP contribution >= 0.6 is 0 Å². The number of nitro groups is 1. The van der Waals surface area contributed by atoms with E-state index in [9.17, 15) is 33.2 Å². The van der Waals surface area contributed by atoms with E-state index in [0.29, 0.717) is 23.2 Å². The first-order valence-electron chi connectivity index (χ1n) is 7.64. The van der Waals surface area contributed by atoms with Crippen molar-refractivity contribution in [3.8, 4) is 5.75 Å². The second-order valence-corrected chi connectivity index (χ2v) is 5.94. The van der Waals surface area contributed by atoms with Gasteiger partial charge < -0.3 is 5.11 Å². The number of aryl methyl sites for hydroxylation is 1. The number of aromatic hydroxyl groups is 1. The molecule has 1 N–H and O–H groups in total. The van der Waals surface area contributed by atoms with Crippen LogP contribution in [0.2, 0.25) is 0 Å². The summed E-state index contributed by atoms with van der Waals surface area (Å²) in [6, 6.07) is 6.28. The van der Waals surface area contributed by atoms with E-state index in [1.54, 1.807) is 11.6 Å². The number of Topliss-reactive ketones (excluding diaryl/α,β-unsaturated/α-hetero) is 1. The van der Waals surface area contributed by atoms with Crippen LogP contribution in [0.15, 0.2) is 42.7 Å². The highest BCUT2D eigenvalue weighted by Gasteiger charge is 2.32. The molecule has 3 rings (SSSR count).